The fourth-order valence-electron chi connectivity index (χ4n) is 7.10. The summed E-state index contributed by atoms with van der Waals surface area (Å²) in [6.07, 6.45) is 15.1. The number of nitrogens with zero attached hydrogens (tertiary/aromatic N) is 5. The number of H-pyrrole nitrogens is 1. The Morgan fingerprint density at radius 3 is 1.51 bits per heavy atom. The van der Waals surface area contributed by atoms with Crippen LogP contribution in [0, 0.1) is 6.92 Å². The van der Waals surface area contributed by atoms with Gasteiger partial charge in [-0.15, -0.1) is 0 Å². The number of aliphatic hydroxyl groups is 1. The number of benzene rings is 1. The van der Waals surface area contributed by atoms with Crippen LogP contribution in [0.15, 0.2) is 66.3 Å². The first-order valence-electron chi connectivity index (χ1n) is 23.2. The maximum atomic E-state index is 12.6. The molecule has 1 aromatic carbocycles. The summed E-state index contributed by atoms with van der Waals surface area (Å²) in [5.74, 6) is 0. The zero-order valence-electron chi connectivity index (χ0n) is 45.3. The second-order valence-electron chi connectivity index (χ2n) is 20.4. The predicted molar refractivity (Wildman–Crippen MR) is 264 cm³/mol. The molecule has 5 aliphatic rings. The smallest absolute Gasteiger partial charge is 1.00 e. The summed E-state index contributed by atoms with van der Waals surface area (Å²) in [7, 11) is -5.01. The second kappa shape index (κ2) is 28.9. The van der Waals surface area contributed by atoms with Crippen LogP contribution >= 0.6 is 0 Å². The number of aryl methyl sites for hydroxylation is 1. The number of carbonyl (C=O) groups is 1. The van der Waals surface area contributed by atoms with Crippen LogP contribution in [0.5, 0.6) is 0 Å². The molecule has 0 amide bonds. The summed E-state index contributed by atoms with van der Waals surface area (Å²) < 4.78 is 74.4. The van der Waals surface area contributed by atoms with Gasteiger partial charge in [0.1, 0.15) is 0 Å². The van der Waals surface area contributed by atoms with Gasteiger partial charge in [-0.3, -0.25) is 14.6 Å². The maximum absolute atomic E-state index is 12.6. The molecule has 2 atom stereocenters. The van der Waals surface area contributed by atoms with E-state index in [-0.39, 0.29) is 207 Å². The number of ether oxygens (including phenoxy) is 2. The first-order chi connectivity index (χ1) is 32.2. The van der Waals surface area contributed by atoms with Crippen molar-refractivity contribution in [2.45, 2.75) is 180 Å². The van der Waals surface area contributed by atoms with E-state index in [0.29, 0.717) is 11.6 Å². The Morgan fingerprint density at radius 1 is 0.722 bits per heavy atom. The molecular weight excluding hydrogens is 1190 g/mol. The SMILES string of the molecule is C.CC1(C)OB(c2cn[nH]c2)OC1(C)C.CC1(C)OB(c2cnn(C[C@@H]3CCCO3)c2)OC1(C)C.Cc1ccc(S(=O)(=O)n2cc(B3OC(C)(C)C(C)(C)O3)cn2)cc1.O=CO[O-].OC[C@@H]1CCCO1.[Cs+].[Cs+].[H-]. The minimum absolute atomic E-state index is 0. The third-order valence-corrected chi connectivity index (χ3v) is 15.1. The first kappa shape index (κ1) is 68.3. The van der Waals surface area contributed by atoms with Gasteiger partial charge in [-0.05, 0) is 128 Å². The molecule has 0 aliphatic carbocycles. The van der Waals surface area contributed by atoms with E-state index in [0.717, 1.165) is 66.0 Å². The van der Waals surface area contributed by atoms with Crippen molar-refractivity contribution in [3.63, 3.8) is 0 Å². The molecule has 0 saturated carbocycles. The molecule has 5 aliphatic heterocycles. The van der Waals surface area contributed by atoms with E-state index < -0.39 is 28.3 Å². The largest absolute Gasteiger partial charge is 1.00 e. The molecule has 4 aromatic rings. The molecule has 0 unspecified atom stereocenters. The molecule has 72 heavy (non-hydrogen) atoms. The number of hydrogen-bond acceptors (Lipinski definition) is 17. The molecule has 26 heteroatoms. The third kappa shape index (κ3) is 17.8. The number of aliphatic hydroxyl groups excluding tert-OH is 1. The number of hydrogen-bond donors (Lipinski definition) is 2. The van der Waals surface area contributed by atoms with Crippen molar-refractivity contribution in [1.82, 2.24) is 29.2 Å². The summed E-state index contributed by atoms with van der Waals surface area (Å²) >= 11 is 0. The van der Waals surface area contributed by atoms with E-state index in [2.05, 4.69) is 53.0 Å². The summed E-state index contributed by atoms with van der Waals surface area (Å²) in [6, 6.07) is 6.65. The Bertz CT molecular complexity index is 2300. The molecule has 5 saturated heterocycles. The Kier molecular flexibility index (Phi) is 27.4. The average Bonchev–Trinajstić information content (AvgIpc) is 4.14. The van der Waals surface area contributed by atoms with Crippen molar-refractivity contribution >= 4 is 54.2 Å². The first-order valence-corrected chi connectivity index (χ1v) is 24.6. The molecule has 2 N–H and O–H groups in total. The topological polar surface area (TPSA) is 242 Å². The number of aromatic nitrogens is 6. The molecule has 390 valence electrons. The predicted octanol–water partition coefficient (Wildman–Crippen LogP) is -2.85. The van der Waals surface area contributed by atoms with Crippen molar-refractivity contribution in [3.05, 3.63) is 67.0 Å². The number of carbonyl (C=O) groups excluding carboxylic acids is 1. The zero-order chi connectivity index (χ0) is 51.1. The molecule has 0 bridgehead atoms. The van der Waals surface area contributed by atoms with Crippen molar-refractivity contribution in [1.29, 1.82) is 0 Å². The number of aromatic amines is 1. The molecule has 3 aromatic heterocycles. The van der Waals surface area contributed by atoms with Gasteiger partial charge in [0.2, 0.25) is 0 Å². The van der Waals surface area contributed by atoms with Crippen LogP contribution in [-0.2, 0) is 63.7 Å². The molecule has 8 heterocycles. The monoisotopic (exact) mass is 1270 g/mol. The van der Waals surface area contributed by atoms with Crippen molar-refractivity contribution in [2.24, 2.45) is 0 Å². The van der Waals surface area contributed by atoms with Crippen LogP contribution in [0.1, 0.15) is 123 Å². The Labute approximate surface area is 547 Å². The van der Waals surface area contributed by atoms with Crippen molar-refractivity contribution in [2.75, 3.05) is 19.8 Å². The summed E-state index contributed by atoms with van der Waals surface area (Å²) in [4.78, 5) is 11.4. The third-order valence-electron chi connectivity index (χ3n) is 13.6. The van der Waals surface area contributed by atoms with Gasteiger partial charge in [-0.25, -0.2) is 0 Å². The minimum atomic E-state index is -3.73. The number of nitrogens with one attached hydrogen (secondary N) is 1. The number of rotatable bonds is 9. The van der Waals surface area contributed by atoms with E-state index >= 15 is 0 Å². The van der Waals surface area contributed by atoms with E-state index in [1.165, 1.54) is 12.4 Å². The minimum Gasteiger partial charge on any atom is -1.00 e. The van der Waals surface area contributed by atoms with Crippen molar-refractivity contribution in [3.8, 4) is 0 Å². The molecule has 5 fully saturated rings. The summed E-state index contributed by atoms with van der Waals surface area (Å²) in [5, 5.41) is 31.9. The van der Waals surface area contributed by atoms with Crippen LogP contribution in [0.4, 0.5) is 0 Å². The van der Waals surface area contributed by atoms with Crippen LogP contribution in [0.2, 0.25) is 0 Å². The fourth-order valence-corrected chi connectivity index (χ4v) is 8.23. The van der Waals surface area contributed by atoms with E-state index in [1.54, 1.807) is 36.7 Å². The van der Waals surface area contributed by atoms with Crippen LogP contribution in [0.25, 0.3) is 0 Å². The van der Waals surface area contributed by atoms with Crippen LogP contribution < -0.4 is 159 Å². The normalized spacial score (nSPS) is 22.4. The van der Waals surface area contributed by atoms with Gasteiger partial charge in [0.25, 0.3) is 16.5 Å². The fraction of sp³-hybridized carbons (Fsp3) is 0.652. The Hall–Kier alpha value is 0.169. The maximum Gasteiger partial charge on any atom is 1.00 e. The van der Waals surface area contributed by atoms with Crippen molar-refractivity contribution < 1.29 is 205 Å². The molecule has 20 nitrogen and oxygen atoms in total. The standard InChI is InChI=1S/C16H21BN2O4S.C14H23BN2O3.C9H15BN2O2.C5H10O2.CH2O3.CH4.2Cs.H/c1-12-6-8-14(9-7-12)24(20,21)19-11-13(10-18-19)17-22-15(2,3)16(4,5)23-17;1-13(2)14(3,4)20-15(19-13)11-8-16-17(9-11)10-12-6-5-7-18-12;1-8(2)9(3,4)14-10(13-8)7-5-11-12-6-7;6-4-5-2-1-3-7-5;2-1-4-3;;;;/h6-11H,1-5H3;8-9,12H,5-7,10H2,1-4H3;5-6H,1-4H3,(H,11,12);5-6H,1-4H2;1,3H;1H4;;;/q;;;;;;2*+1;-1/p-1/t;12-;;5-;;;;;/m.0.0...../s1. The second-order valence-corrected chi connectivity index (χ2v) is 22.2. The Balaban J connectivity index is 0.000000493. The molecular formula is C46H75B3Cs2N6O14S. The average molecular weight is 1270 g/mol. The van der Waals surface area contributed by atoms with Gasteiger partial charge in [0, 0.05) is 66.8 Å². The van der Waals surface area contributed by atoms with Gasteiger partial charge >= 0.3 is 159 Å². The van der Waals surface area contributed by atoms with E-state index in [1.807, 2.05) is 79.4 Å². The summed E-state index contributed by atoms with van der Waals surface area (Å²) in [6.45, 7) is 28.6. The van der Waals surface area contributed by atoms with Gasteiger partial charge in [-0.2, -0.15) is 27.8 Å². The molecule has 9 rings (SSSR count). The van der Waals surface area contributed by atoms with Crippen LogP contribution in [-0.4, -0.2) is 136 Å². The van der Waals surface area contributed by atoms with Gasteiger partial charge in [-0.1, -0.05) is 25.1 Å². The van der Waals surface area contributed by atoms with Gasteiger partial charge in [0.15, 0.2) is 0 Å². The van der Waals surface area contributed by atoms with E-state index in [9.17, 15) is 8.42 Å². The van der Waals surface area contributed by atoms with Gasteiger partial charge < -0.3 is 54.1 Å². The van der Waals surface area contributed by atoms with E-state index in [4.69, 9.17) is 52.6 Å². The molecule has 0 radical (unpaired) electrons. The zero-order valence-corrected chi connectivity index (χ0v) is 57.7. The Morgan fingerprint density at radius 2 is 1.14 bits per heavy atom. The molecule has 0 spiro atoms. The van der Waals surface area contributed by atoms with Crippen LogP contribution in [0.3, 0.4) is 0 Å². The van der Waals surface area contributed by atoms with Gasteiger partial charge in [0.05, 0.1) is 63.9 Å². The quantitative estimate of drug-likeness (QED) is 0.0742. The summed E-state index contributed by atoms with van der Waals surface area (Å²) in [5.41, 5.74) is 1.31.